The van der Waals surface area contributed by atoms with Gasteiger partial charge in [-0.3, -0.25) is 4.79 Å². The van der Waals surface area contributed by atoms with Gasteiger partial charge in [0.15, 0.2) is 6.33 Å². The minimum Gasteiger partial charge on any atom is -0.326 e. The van der Waals surface area contributed by atoms with Crippen molar-refractivity contribution in [2.45, 2.75) is 19.8 Å². The van der Waals surface area contributed by atoms with E-state index < -0.39 is 5.82 Å². The number of nitrogens with one attached hydrogen (secondary N) is 1. The van der Waals surface area contributed by atoms with E-state index in [0.717, 1.165) is 6.42 Å². The fourth-order valence-corrected chi connectivity index (χ4v) is 1.56. The van der Waals surface area contributed by atoms with E-state index in [1.54, 1.807) is 6.07 Å². The number of anilines is 1. The Morgan fingerprint density at radius 1 is 1.26 bits per heavy atom. The van der Waals surface area contributed by atoms with Gasteiger partial charge in [-0.15, -0.1) is 20.4 Å². The van der Waals surface area contributed by atoms with Crippen LogP contribution in [0, 0.1) is 5.82 Å². The molecule has 0 fully saturated rings. The molecule has 1 aromatic carbocycles. The highest BCUT2D eigenvalue weighted by Gasteiger charge is 2.08. The Balaban J connectivity index is 2.27. The number of hydrogen-bond acceptors (Lipinski definition) is 5. The van der Waals surface area contributed by atoms with Crippen molar-refractivity contribution in [3.63, 3.8) is 0 Å². The summed E-state index contributed by atoms with van der Waals surface area (Å²) in [5, 5.41) is 17.3. The predicted molar refractivity (Wildman–Crippen MR) is 66.6 cm³/mol. The number of nitrogens with zero attached hydrogens (tertiary/aromatic N) is 4. The Hall–Kier alpha value is -2.44. The van der Waals surface area contributed by atoms with Crippen LogP contribution < -0.4 is 5.32 Å². The van der Waals surface area contributed by atoms with Crippen LogP contribution in [0.3, 0.4) is 0 Å². The number of carbonyl (C=O) groups excluding carboxylic acids is 1. The summed E-state index contributed by atoms with van der Waals surface area (Å²) < 4.78 is 13.5. The van der Waals surface area contributed by atoms with Crippen molar-refractivity contribution in [1.82, 2.24) is 20.4 Å². The average Bonchev–Trinajstić information content (AvgIpc) is 2.39. The van der Waals surface area contributed by atoms with Crippen LogP contribution >= 0.6 is 0 Å². The van der Waals surface area contributed by atoms with Crippen LogP contribution in [0.2, 0.25) is 0 Å². The van der Waals surface area contributed by atoms with Crippen molar-refractivity contribution in [2.75, 3.05) is 5.32 Å². The highest BCUT2D eigenvalue weighted by atomic mass is 19.1. The molecule has 1 N–H and O–H groups in total. The summed E-state index contributed by atoms with van der Waals surface area (Å²) >= 11 is 0. The molecule has 0 saturated carbocycles. The second-order valence-corrected chi connectivity index (χ2v) is 3.90. The maximum Gasteiger partial charge on any atom is 0.224 e. The number of hydrogen-bond donors (Lipinski definition) is 1. The van der Waals surface area contributed by atoms with Gasteiger partial charge in [0.1, 0.15) is 5.82 Å². The van der Waals surface area contributed by atoms with Crippen LogP contribution in [-0.2, 0) is 4.79 Å². The molecule has 0 aliphatic rings. The van der Waals surface area contributed by atoms with Gasteiger partial charge in [-0.2, -0.15) is 0 Å². The molecule has 0 aliphatic heterocycles. The molecule has 1 aromatic heterocycles. The Kier molecular flexibility index (Phi) is 4.07. The van der Waals surface area contributed by atoms with E-state index in [-0.39, 0.29) is 11.7 Å². The van der Waals surface area contributed by atoms with Gasteiger partial charge in [0.25, 0.3) is 0 Å². The zero-order valence-electron chi connectivity index (χ0n) is 10.3. The zero-order chi connectivity index (χ0) is 13.7. The lowest BCUT2D eigenvalue weighted by Crippen LogP contribution is -2.11. The Bertz CT molecular complexity index is 576. The van der Waals surface area contributed by atoms with Crippen molar-refractivity contribution in [3.8, 4) is 11.4 Å². The number of amides is 1. The fraction of sp³-hybridized carbons (Fsp3) is 0.250. The Morgan fingerprint density at radius 2 is 2.00 bits per heavy atom. The molecule has 0 spiro atoms. The van der Waals surface area contributed by atoms with Crippen LogP contribution in [0.4, 0.5) is 10.1 Å². The molecule has 6 nitrogen and oxygen atoms in total. The summed E-state index contributed by atoms with van der Waals surface area (Å²) in [5.74, 6) is -0.450. The molecule has 0 atom stereocenters. The smallest absolute Gasteiger partial charge is 0.224 e. The van der Waals surface area contributed by atoms with Crippen molar-refractivity contribution < 1.29 is 9.18 Å². The standard InChI is InChI=1S/C12H12FN5O/c1-2-3-11(19)16-10-5-8(4-9(13)6-10)12-17-14-7-15-18-12/h4-7H,2-3H2,1H3,(H,16,19). The molecule has 98 valence electrons. The number of carbonyl (C=O) groups is 1. The molecule has 2 aromatic rings. The second kappa shape index (κ2) is 5.94. The first-order chi connectivity index (χ1) is 9.19. The first-order valence-corrected chi connectivity index (χ1v) is 5.80. The van der Waals surface area contributed by atoms with Gasteiger partial charge in [0, 0.05) is 17.7 Å². The topological polar surface area (TPSA) is 80.7 Å². The largest absolute Gasteiger partial charge is 0.326 e. The van der Waals surface area contributed by atoms with E-state index in [0.29, 0.717) is 17.7 Å². The van der Waals surface area contributed by atoms with Gasteiger partial charge >= 0.3 is 0 Å². The van der Waals surface area contributed by atoms with Crippen molar-refractivity contribution in [2.24, 2.45) is 0 Å². The number of benzene rings is 1. The number of halogens is 1. The van der Waals surface area contributed by atoms with Gasteiger partial charge in [-0.05, 0) is 24.6 Å². The minimum absolute atomic E-state index is 0.163. The van der Waals surface area contributed by atoms with Crippen molar-refractivity contribution in [1.29, 1.82) is 0 Å². The summed E-state index contributed by atoms with van der Waals surface area (Å²) in [6.45, 7) is 1.89. The first-order valence-electron chi connectivity index (χ1n) is 5.80. The minimum atomic E-state index is -0.489. The summed E-state index contributed by atoms with van der Waals surface area (Å²) in [4.78, 5) is 11.5. The third-order valence-corrected chi connectivity index (χ3v) is 2.32. The van der Waals surface area contributed by atoms with E-state index in [1.165, 1.54) is 18.5 Å². The average molecular weight is 261 g/mol. The SMILES string of the molecule is CCCC(=O)Nc1cc(F)cc(-c2nncnn2)c1. The molecule has 0 unspecified atom stereocenters. The Labute approximate surface area is 109 Å². The lowest BCUT2D eigenvalue weighted by molar-refractivity contribution is -0.116. The summed E-state index contributed by atoms with van der Waals surface area (Å²) in [5.41, 5.74) is 0.772. The molecule has 1 amide bonds. The van der Waals surface area contributed by atoms with E-state index >= 15 is 0 Å². The van der Waals surface area contributed by atoms with E-state index in [1.807, 2.05) is 6.92 Å². The molecule has 2 rings (SSSR count). The second-order valence-electron chi connectivity index (χ2n) is 3.90. The fourth-order valence-electron chi connectivity index (χ4n) is 1.56. The quantitative estimate of drug-likeness (QED) is 0.907. The van der Waals surface area contributed by atoms with Gasteiger partial charge in [0.2, 0.25) is 11.7 Å². The highest BCUT2D eigenvalue weighted by Crippen LogP contribution is 2.20. The Morgan fingerprint density at radius 3 is 2.68 bits per heavy atom. The van der Waals surface area contributed by atoms with Gasteiger partial charge in [0.05, 0.1) is 0 Å². The summed E-state index contributed by atoms with van der Waals surface area (Å²) in [7, 11) is 0. The number of aromatic nitrogens is 4. The van der Waals surface area contributed by atoms with E-state index in [2.05, 4.69) is 25.7 Å². The normalized spacial score (nSPS) is 10.2. The first kappa shape index (κ1) is 13.0. The van der Waals surface area contributed by atoms with E-state index in [9.17, 15) is 9.18 Å². The molecule has 1 heterocycles. The van der Waals surface area contributed by atoms with Crippen molar-refractivity contribution >= 4 is 11.6 Å². The summed E-state index contributed by atoms with van der Waals surface area (Å²) in [6.07, 6.45) is 2.30. The van der Waals surface area contributed by atoms with Crippen LogP contribution in [0.15, 0.2) is 24.5 Å². The van der Waals surface area contributed by atoms with Crippen LogP contribution in [-0.4, -0.2) is 26.3 Å². The lowest BCUT2D eigenvalue weighted by atomic mass is 10.1. The zero-order valence-corrected chi connectivity index (χ0v) is 10.3. The molecule has 0 radical (unpaired) electrons. The molecule has 19 heavy (non-hydrogen) atoms. The number of rotatable bonds is 4. The third kappa shape index (κ3) is 3.51. The maximum absolute atomic E-state index is 13.5. The summed E-state index contributed by atoms with van der Waals surface area (Å²) in [6, 6.07) is 4.07. The molecule has 7 heteroatoms. The molecule has 0 bridgehead atoms. The highest BCUT2D eigenvalue weighted by molar-refractivity contribution is 5.91. The van der Waals surface area contributed by atoms with E-state index in [4.69, 9.17) is 0 Å². The maximum atomic E-state index is 13.5. The predicted octanol–water partition coefficient (Wildman–Crippen LogP) is 1.81. The van der Waals surface area contributed by atoms with Crippen LogP contribution in [0.1, 0.15) is 19.8 Å². The van der Waals surface area contributed by atoms with Crippen LogP contribution in [0.25, 0.3) is 11.4 Å². The monoisotopic (exact) mass is 261 g/mol. The third-order valence-electron chi connectivity index (χ3n) is 2.32. The van der Waals surface area contributed by atoms with Crippen LogP contribution in [0.5, 0.6) is 0 Å². The molecule has 0 saturated heterocycles. The van der Waals surface area contributed by atoms with Gasteiger partial charge < -0.3 is 5.32 Å². The van der Waals surface area contributed by atoms with Crippen molar-refractivity contribution in [3.05, 3.63) is 30.3 Å². The lowest BCUT2D eigenvalue weighted by Gasteiger charge is -2.06. The molecular formula is C12H12FN5O. The van der Waals surface area contributed by atoms with Gasteiger partial charge in [-0.1, -0.05) is 6.92 Å². The molecule has 0 aliphatic carbocycles. The van der Waals surface area contributed by atoms with Gasteiger partial charge in [-0.25, -0.2) is 4.39 Å². The molecular weight excluding hydrogens is 249 g/mol.